The van der Waals surface area contributed by atoms with Gasteiger partial charge in [0.25, 0.3) is 0 Å². The summed E-state index contributed by atoms with van der Waals surface area (Å²) in [6.07, 6.45) is 12.7. The monoisotopic (exact) mass is 438 g/mol. The van der Waals surface area contributed by atoms with Gasteiger partial charge >= 0.3 is 0 Å². The molecule has 0 atom stereocenters. The van der Waals surface area contributed by atoms with Gasteiger partial charge in [0.1, 0.15) is 5.82 Å². The Morgan fingerprint density at radius 1 is 1.00 bits per heavy atom. The highest BCUT2D eigenvalue weighted by Crippen LogP contribution is 2.61. The Morgan fingerprint density at radius 3 is 2.25 bits per heavy atom. The fourth-order valence-corrected chi connectivity index (χ4v) is 7.30. The molecule has 32 heavy (non-hydrogen) atoms. The summed E-state index contributed by atoms with van der Waals surface area (Å²) < 4.78 is 0. The van der Waals surface area contributed by atoms with Crippen LogP contribution in [0.25, 0.3) is 0 Å². The van der Waals surface area contributed by atoms with E-state index >= 15 is 0 Å². The van der Waals surface area contributed by atoms with Gasteiger partial charge in [-0.15, -0.1) is 0 Å². The zero-order valence-electron chi connectivity index (χ0n) is 19.4. The molecule has 2 N–H and O–H groups in total. The molecular formula is C26H38N4O2. The van der Waals surface area contributed by atoms with E-state index in [2.05, 4.69) is 27.4 Å². The van der Waals surface area contributed by atoms with Crippen molar-refractivity contribution in [3.05, 3.63) is 23.9 Å². The van der Waals surface area contributed by atoms with E-state index in [1.807, 2.05) is 18.3 Å². The first kappa shape index (κ1) is 21.7. The minimum Gasteiger partial charge on any atom is -0.357 e. The third-order valence-corrected chi connectivity index (χ3v) is 8.55. The summed E-state index contributed by atoms with van der Waals surface area (Å²) in [6, 6.07) is 4.08. The molecule has 1 aromatic heterocycles. The Labute approximate surface area is 191 Å². The lowest BCUT2D eigenvalue weighted by atomic mass is 9.49. The van der Waals surface area contributed by atoms with Gasteiger partial charge in [-0.1, -0.05) is 13.0 Å². The highest BCUT2D eigenvalue weighted by atomic mass is 16.2. The normalized spacial score (nSPS) is 31.5. The van der Waals surface area contributed by atoms with Gasteiger partial charge in [0, 0.05) is 32.3 Å². The van der Waals surface area contributed by atoms with Gasteiger partial charge in [0.05, 0.1) is 6.54 Å². The Bertz CT molecular complexity index is 793. The molecule has 0 spiro atoms. The van der Waals surface area contributed by atoms with Crippen molar-refractivity contribution in [1.29, 1.82) is 0 Å². The molecule has 0 unspecified atom stereocenters. The van der Waals surface area contributed by atoms with Crippen LogP contribution in [0.3, 0.4) is 0 Å². The van der Waals surface area contributed by atoms with Crippen molar-refractivity contribution in [1.82, 2.24) is 15.6 Å². The lowest BCUT2D eigenvalue weighted by Crippen LogP contribution is -2.48. The van der Waals surface area contributed by atoms with Crippen molar-refractivity contribution < 1.29 is 9.59 Å². The maximum Gasteiger partial charge on any atom is 0.239 e. The summed E-state index contributed by atoms with van der Waals surface area (Å²) in [5, 5.41) is 5.79. The maximum atomic E-state index is 12.6. The van der Waals surface area contributed by atoms with Gasteiger partial charge in [-0.05, 0) is 92.1 Å². The smallest absolute Gasteiger partial charge is 0.239 e. The summed E-state index contributed by atoms with van der Waals surface area (Å²) in [4.78, 5) is 31.8. The topological polar surface area (TPSA) is 74.3 Å². The summed E-state index contributed by atoms with van der Waals surface area (Å²) in [6.45, 7) is 4.93. The number of anilines is 1. The molecule has 6 heteroatoms. The van der Waals surface area contributed by atoms with Crippen molar-refractivity contribution >= 4 is 17.6 Å². The van der Waals surface area contributed by atoms with Crippen LogP contribution in [0.15, 0.2) is 18.3 Å². The van der Waals surface area contributed by atoms with E-state index in [4.69, 9.17) is 0 Å². The van der Waals surface area contributed by atoms with Gasteiger partial charge in [-0.3, -0.25) is 9.59 Å². The minimum atomic E-state index is -0.141. The van der Waals surface area contributed by atoms with Gasteiger partial charge in [-0.25, -0.2) is 4.98 Å². The molecule has 1 saturated heterocycles. The van der Waals surface area contributed by atoms with Crippen LogP contribution in [0.2, 0.25) is 0 Å². The van der Waals surface area contributed by atoms with Gasteiger partial charge in [-0.2, -0.15) is 0 Å². The van der Waals surface area contributed by atoms with Crippen LogP contribution in [0.5, 0.6) is 0 Å². The van der Waals surface area contributed by atoms with E-state index in [-0.39, 0.29) is 23.8 Å². The van der Waals surface area contributed by atoms with Crippen LogP contribution in [0.1, 0.15) is 70.3 Å². The first-order valence-electron chi connectivity index (χ1n) is 12.7. The van der Waals surface area contributed by atoms with Crippen LogP contribution in [0.4, 0.5) is 5.82 Å². The number of nitrogens with zero attached hydrogens (tertiary/aromatic N) is 2. The van der Waals surface area contributed by atoms with E-state index < -0.39 is 0 Å². The number of aromatic nitrogens is 1. The van der Waals surface area contributed by atoms with E-state index in [0.29, 0.717) is 13.0 Å². The number of hydrogen-bond acceptors (Lipinski definition) is 4. The lowest BCUT2D eigenvalue weighted by Gasteiger charge is -2.56. The van der Waals surface area contributed by atoms with Crippen LogP contribution >= 0.6 is 0 Å². The lowest BCUT2D eigenvalue weighted by molar-refractivity contribution is -0.131. The first-order valence-corrected chi connectivity index (χ1v) is 12.7. The van der Waals surface area contributed by atoms with Crippen LogP contribution in [-0.4, -0.2) is 36.4 Å². The van der Waals surface area contributed by atoms with Crippen LogP contribution < -0.4 is 15.5 Å². The molecule has 2 heterocycles. The second-order valence-corrected chi connectivity index (χ2v) is 11.3. The zero-order chi connectivity index (χ0) is 22.1. The van der Waals surface area contributed by atoms with Crippen molar-refractivity contribution in [3.8, 4) is 0 Å². The quantitative estimate of drug-likeness (QED) is 0.681. The zero-order valence-corrected chi connectivity index (χ0v) is 19.4. The van der Waals surface area contributed by atoms with Crippen molar-refractivity contribution in [2.75, 3.05) is 24.5 Å². The van der Waals surface area contributed by atoms with Crippen molar-refractivity contribution in [2.45, 2.75) is 71.3 Å². The fourth-order valence-electron chi connectivity index (χ4n) is 7.30. The molecule has 4 aliphatic carbocycles. The second-order valence-electron chi connectivity index (χ2n) is 11.3. The largest absolute Gasteiger partial charge is 0.357 e. The number of rotatable bonds is 7. The first-order chi connectivity index (χ1) is 15.5. The van der Waals surface area contributed by atoms with E-state index in [1.54, 1.807) is 0 Å². The number of pyridine rings is 1. The fraction of sp³-hybridized carbons (Fsp3) is 0.731. The summed E-state index contributed by atoms with van der Waals surface area (Å²) >= 11 is 0. The number of carbonyl (C=O) groups is 2. The number of hydrogen-bond donors (Lipinski definition) is 2. The number of piperidine rings is 1. The van der Waals surface area contributed by atoms with Gasteiger partial charge in [0.15, 0.2) is 0 Å². The van der Waals surface area contributed by atoms with E-state index in [9.17, 15) is 9.59 Å². The molecule has 1 aliphatic heterocycles. The maximum absolute atomic E-state index is 12.6. The van der Waals surface area contributed by atoms with Crippen molar-refractivity contribution in [2.24, 2.45) is 29.1 Å². The Balaban J connectivity index is 1.03. The molecule has 4 saturated carbocycles. The molecule has 1 aromatic rings. The van der Waals surface area contributed by atoms with E-state index in [1.165, 1.54) is 51.4 Å². The minimum absolute atomic E-state index is 0.0453. The van der Waals surface area contributed by atoms with Crippen LogP contribution in [-0.2, 0) is 16.1 Å². The standard InChI is InChI=1S/C26H38N4O2/c1-18-4-6-30(7-5-18)23-3-2-19(15-27-23)16-28-25(32)17-29-24(31)14-26-11-20-8-21(12-26)10-22(9-20)13-26/h2-3,15,18,20-22H,4-14,16-17H2,1H3,(H,28,32)(H,29,31). The Hall–Kier alpha value is -2.11. The van der Waals surface area contributed by atoms with Gasteiger partial charge < -0.3 is 15.5 Å². The van der Waals surface area contributed by atoms with Crippen LogP contribution in [0, 0.1) is 29.1 Å². The van der Waals surface area contributed by atoms with Crippen molar-refractivity contribution in [3.63, 3.8) is 0 Å². The molecule has 2 amide bonds. The number of carbonyl (C=O) groups excluding carboxylic acids is 2. The average molecular weight is 439 g/mol. The molecule has 6 nitrogen and oxygen atoms in total. The Morgan fingerprint density at radius 2 is 1.66 bits per heavy atom. The van der Waals surface area contributed by atoms with Gasteiger partial charge in [0.2, 0.25) is 11.8 Å². The highest BCUT2D eigenvalue weighted by molar-refractivity contribution is 5.84. The predicted octanol–water partition coefficient (Wildman–Crippen LogP) is 3.66. The Kier molecular flexibility index (Phi) is 6.13. The predicted molar refractivity (Wildman–Crippen MR) is 125 cm³/mol. The third kappa shape index (κ3) is 4.94. The average Bonchev–Trinajstić information content (AvgIpc) is 2.76. The third-order valence-electron chi connectivity index (χ3n) is 8.55. The summed E-state index contributed by atoms with van der Waals surface area (Å²) in [5.41, 5.74) is 1.20. The molecule has 5 aliphatic rings. The molecule has 0 radical (unpaired) electrons. The molecule has 5 fully saturated rings. The van der Waals surface area contributed by atoms with E-state index in [0.717, 1.165) is 48.1 Å². The summed E-state index contributed by atoms with van der Waals surface area (Å²) in [5.74, 6) is 4.25. The molecule has 0 aromatic carbocycles. The SMILES string of the molecule is CC1CCN(c2ccc(CNC(=O)CNC(=O)CC34CC5CC(CC(C5)C3)C4)cn2)CC1. The molecular weight excluding hydrogens is 400 g/mol. The molecule has 174 valence electrons. The molecule has 6 rings (SSSR count). The summed E-state index contributed by atoms with van der Waals surface area (Å²) in [7, 11) is 0. The highest BCUT2D eigenvalue weighted by Gasteiger charge is 2.51. The number of nitrogens with one attached hydrogen (secondary N) is 2. The molecule has 4 bridgehead atoms. The number of amides is 2. The second kappa shape index (κ2) is 9.03.